The molecule has 0 aliphatic carbocycles. The molecule has 0 saturated carbocycles. The van der Waals surface area contributed by atoms with Crippen molar-refractivity contribution in [2.24, 2.45) is 5.92 Å². The van der Waals surface area contributed by atoms with Crippen molar-refractivity contribution in [2.45, 2.75) is 18.8 Å². The van der Waals surface area contributed by atoms with Crippen LogP contribution in [0, 0.1) is 5.92 Å². The number of aromatic nitrogens is 4. The van der Waals surface area contributed by atoms with Crippen LogP contribution in [0.2, 0.25) is 0 Å². The van der Waals surface area contributed by atoms with Crippen LogP contribution in [0.15, 0.2) is 18.9 Å². The van der Waals surface area contributed by atoms with Gasteiger partial charge in [0.25, 0.3) is 0 Å². The number of aliphatic hydroxyl groups is 2. The Hall–Kier alpha value is -1.57. The fourth-order valence-corrected chi connectivity index (χ4v) is 2.34. The highest BCUT2D eigenvalue weighted by Gasteiger charge is 2.35. The van der Waals surface area contributed by atoms with Crippen LogP contribution < -0.4 is 0 Å². The van der Waals surface area contributed by atoms with Gasteiger partial charge >= 0.3 is 0 Å². The lowest BCUT2D eigenvalue weighted by atomic mass is 10.0. The van der Waals surface area contributed by atoms with E-state index in [0.29, 0.717) is 17.6 Å². The largest absolute Gasteiger partial charge is 0.396 e. The smallest absolute Gasteiger partial charge is 0.165 e. The van der Waals surface area contributed by atoms with E-state index in [9.17, 15) is 10.2 Å². The SMILES string of the molecule is OC[C@H]1C[C@@H](n2cnc3cncnc32)O[C@@H]1CO. The molecule has 18 heavy (non-hydrogen) atoms. The van der Waals surface area contributed by atoms with Crippen molar-refractivity contribution in [3.8, 4) is 0 Å². The number of aliphatic hydroxyl groups excluding tert-OH is 2. The van der Waals surface area contributed by atoms with Gasteiger partial charge in [-0.25, -0.2) is 15.0 Å². The van der Waals surface area contributed by atoms with E-state index < -0.39 is 0 Å². The molecule has 0 aromatic carbocycles. The number of rotatable bonds is 3. The zero-order valence-electron chi connectivity index (χ0n) is 9.68. The van der Waals surface area contributed by atoms with Crippen molar-refractivity contribution in [1.82, 2.24) is 19.5 Å². The second-order valence-electron chi connectivity index (χ2n) is 4.37. The lowest BCUT2D eigenvalue weighted by Crippen LogP contribution is -2.23. The van der Waals surface area contributed by atoms with E-state index in [2.05, 4.69) is 15.0 Å². The second-order valence-corrected chi connectivity index (χ2v) is 4.37. The zero-order chi connectivity index (χ0) is 12.5. The van der Waals surface area contributed by atoms with Gasteiger partial charge in [0, 0.05) is 18.9 Å². The minimum Gasteiger partial charge on any atom is -0.396 e. The first kappa shape index (κ1) is 11.5. The van der Waals surface area contributed by atoms with Gasteiger partial charge in [0.2, 0.25) is 0 Å². The van der Waals surface area contributed by atoms with Crippen molar-refractivity contribution in [3.05, 3.63) is 18.9 Å². The minimum absolute atomic E-state index is 0.00331. The van der Waals surface area contributed by atoms with E-state index in [1.807, 2.05) is 4.57 Å². The molecule has 7 nitrogen and oxygen atoms in total. The summed E-state index contributed by atoms with van der Waals surface area (Å²) in [5, 5.41) is 18.5. The lowest BCUT2D eigenvalue weighted by molar-refractivity contribution is -0.0334. The Morgan fingerprint density at radius 1 is 1.33 bits per heavy atom. The first-order valence-corrected chi connectivity index (χ1v) is 5.83. The van der Waals surface area contributed by atoms with E-state index in [1.54, 1.807) is 12.5 Å². The highest BCUT2D eigenvalue weighted by molar-refractivity contribution is 5.68. The molecule has 7 heteroatoms. The Kier molecular flexibility index (Phi) is 2.94. The Bertz CT molecular complexity index is 532. The molecule has 0 amide bonds. The molecular weight excluding hydrogens is 236 g/mol. The van der Waals surface area contributed by atoms with Gasteiger partial charge in [0.1, 0.15) is 18.1 Å². The average Bonchev–Trinajstić information content (AvgIpc) is 3.01. The maximum absolute atomic E-state index is 9.25. The van der Waals surface area contributed by atoms with Crippen LogP contribution >= 0.6 is 0 Å². The summed E-state index contributed by atoms with van der Waals surface area (Å²) in [7, 11) is 0. The van der Waals surface area contributed by atoms with Gasteiger partial charge in [-0.2, -0.15) is 0 Å². The van der Waals surface area contributed by atoms with Crippen LogP contribution in [0.5, 0.6) is 0 Å². The zero-order valence-corrected chi connectivity index (χ0v) is 9.68. The van der Waals surface area contributed by atoms with Crippen LogP contribution in [-0.4, -0.2) is 49.0 Å². The van der Waals surface area contributed by atoms with Gasteiger partial charge in [0.15, 0.2) is 5.65 Å². The predicted molar refractivity (Wildman–Crippen MR) is 61.5 cm³/mol. The molecule has 2 aromatic rings. The molecule has 0 bridgehead atoms. The molecule has 3 atom stereocenters. The van der Waals surface area contributed by atoms with Crippen LogP contribution in [0.4, 0.5) is 0 Å². The summed E-state index contributed by atoms with van der Waals surface area (Å²) in [5.41, 5.74) is 1.40. The lowest BCUT2D eigenvalue weighted by Gasteiger charge is -2.14. The third kappa shape index (κ3) is 1.76. The first-order chi connectivity index (χ1) is 8.83. The summed E-state index contributed by atoms with van der Waals surface area (Å²) in [6.45, 7) is -0.0906. The molecule has 0 unspecified atom stereocenters. The van der Waals surface area contributed by atoms with Crippen molar-refractivity contribution in [3.63, 3.8) is 0 Å². The summed E-state index contributed by atoms with van der Waals surface area (Å²) in [5.74, 6) is -0.0562. The van der Waals surface area contributed by atoms with E-state index in [4.69, 9.17) is 4.74 Å². The summed E-state index contributed by atoms with van der Waals surface area (Å²) in [6.07, 6.45) is 4.80. The molecular formula is C11H14N4O3. The summed E-state index contributed by atoms with van der Waals surface area (Å²) >= 11 is 0. The van der Waals surface area contributed by atoms with E-state index in [1.165, 1.54) is 6.33 Å². The minimum atomic E-state index is -0.334. The first-order valence-electron chi connectivity index (χ1n) is 5.83. The molecule has 2 N–H and O–H groups in total. The maximum atomic E-state index is 9.25. The standard InChI is InChI=1S/C11H14N4O3/c16-3-7-1-10(18-9(7)4-17)15-6-14-8-2-12-5-13-11(8)15/h2,5-7,9-10,16-17H,1,3-4H2/t7-,9-,10+/m1/s1. The van der Waals surface area contributed by atoms with Gasteiger partial charge in [-0.3, -0.25) is 4.57 Å². The Morgan fingerprint density at radius 3 is 2.94 bits per heavy atom. The summed E-state index contributed by atoms with van der Waals surface area (Å²) in [6, 6.07) is 0. The van der Waals surface area contributed by atoms with E-state index in [-0.39, 0.29) is 31.5 Å². The number of hydrogen-bond donors (Lipinski definition) is 2. The molecule has 1 fully saturated rings. The van der Waals surface area contributed by atoms with Gasteiger partial charge in [-0.05, 0) is 0 Å². The fourth-order valence-electron chi connectivity index (χ4n) is 2.34. The number of imidazole rings is 1. The molecule has 3 rings (SSSR count). The Morgan fingerprint density at radius 2 is 2.22 bits per heavy atom. The van der Waals surface area contributed by atoms with E-state index in [0.717, 1.165) is 0 Å². The molecule has 2 aromatic heterocycles. The maximum Gasteiger partial charge on any atom is 0.165 e. The average molecular weight is 250 g/mol. The molecule has 1 aliphatic heterocycles. The molecule has 1 saturated heterocycles. The third-order valence-corrected chi connectivity index (χ3v) is 3.33. The normalized spacial score (nSPS) is 28.0. The molecule has 0 spiro atoms. The highest BCUT2D eigenvalue weighted by Crippen LogP contribution is 2.34. The summed E-state index contributed by atoms with van der Waals surface area (Å²) in [4.78, 5) is 12.3. The Balaban J connectivity index is 1.92. The highest BCUT2D eigenvalue weighted by atomic mass is 16.5. The number of ether oxygens (including phenoxy) is 1. The quantitative estimate of drug-likeness (QED) is 0.778. The second kappa shape index (κ2) is 4.60. The monoisotopic (exact) mass is 250 g/mol. The van der Waals surface area contributed by atoms with E-state index >= 15 is 0 Å². The Labute approximate surface area is 103 Å². The number of hydrogen-bond acceptors (Lipinski definition) is 6. The van der Waals surface area contributed by atoms with Gasteiger partial charge in [0.05, 0.1) is 25.2 Å². The van der Waals surface area contributed by atoms with Gasteiger partial charge < -0.3 is 14.9 Å². The number of nitrogens with zero attached hydrogens (tertiary/aromatic N) is 4. The van der Waals surface area contributed by atoms with Crippen LogP contribution in [0.1, 0.15) is 12.6 Å². The van der Waals surface area contributed by atoms with Crippen molar-refractivity contribution in [1.29, 1.82) is 0 Å². The van der Waals surface area contributed by atoms with Crippen molar-refractivity contribution in [2.75, 3.05) is 13.2 Å². The molecule has 96 valence electrons. The molecule has 0 radical (unpaired) electrons. The van der Waals surface area contributed by atoms with Crippen LogP contribution in [0.3, 0.4) is 0 Å². The predicted octanol–water partition coefficient (Wildman–Crippen LogP) is -0.285. The van der Waals surface area contributed by atoms with Crippen molar-refractivity contribution >= 4 is 11.2 Å². The third-order valence-electron chi connectivity index (χ3n) is 3.33. The summed E-state index contributed by atoms with van der Waals surface area (Å²) < 4.78 is 7.53. The topological polar surface area (TPSA) is 93.3 Å². The van der Waals surface area contributed by atoms with Crippen LogP contribution in [0.25, 0.3) is 11.2 Å². The molecule has 1 aliphatic rings. The van der Waals surface area contributed by atoms with Gasteiger partial charge in [-0.1, -0.05) is 0 Å². The number of fused-ring (bicyclic) bond motifs is 1. The van der Waals surface area contributed by atoms with Crippen LogP contribution in [-0.2, 0) is 4.74 Å². The fraction of sp³-hybridized carbons (Fsp3) is 0.545. The molecule has 3 heterocycles. The van der Waals surface area contributed by atoms with Crippen molar-refractivity contribution < 1.29 is 14.9 Å². The van der Waals surface area contributed by atoms with Gasteiger partial charge in [-0.15, -0.1) is 0 Å².